The number of nitrogens with one attached hydrogen (secondary N) is 2. The Bertz CT molecular complexity index is 337. The van der Waals surface area contributed by atoms with E-state index in [-0.39, 0.29) is 12.1 Å². The van der Waals surface area contributed by atoms with Crippen molar-refractivity contribution in [1.29, 1.82) is 0 Å². The molecular weight excluding hydrogens is 160 g/mol. The fraction of sp³-hybridized carbons (Fsp3) is 0.429. The molecule has 0 aliphatic rings. The summed E-state index contributed by atoms with van der Waals surface area (Å²) in [4.78, 5) is 25.9. The minimum Gasteiger partial charge on any atom is -0.481 e. The van der Waals surface area contributed by atoms with Crippen LogP contribution in [0.4, 0.5) is 0 Å². The maximum atomic E-state index is 10.7. The van der Waals surface area contributed by atoms with Gasteiger partial charge in [-0.25, -0.2) is 4.79 Å². The first-order chi connectivity index (χ1) is 5.59. The van der Waals surface area contributed by atoms with Gasteiger partial charge in [0.2, 0.25) is 0 Å². The van der Waals surface area contributed by atoms with E-state index >= 15 is 0 Å². The normalized spacial score (nSPS) is 10.1. The van der Waals surface area contributed by atoms with E-state index in [0.29, 0.717) is 17.8 Å². The Morgan fingerprint density at radius 2 is 2.17 bits per heavy atom. The van der Waals surface area contributed by atoms with Crippen molar-refractivity contribution in [3.8, 4) is 0 Å². The zero-order chi connectivity index (χ0) is 9.14. The zero-order valence-electron chi connectivity index (χ0n) is 6.68. The molecule has 0 saturated carbocycles. The predicted molar refractivity (Wildman–Crippen MR) is 42.1 cm³/mol. The van der Waals surface area contributed by atoms with Crippen LogP contribution in [0.15, 0.2) is 4.79 Å². The molecule has 0 aliphatic heterocycles. The average molecular weight is 170 g/mol. The maximum absolute atomic E-state index is 10.7. The largest absolute Gasteiger partial charge is 0.481 e. The van der Waals surface area contributed by atoms with E-state index in [1.54, 1.807) is 6.92 Å². The molecule has 0 aromatic carbocycles. The molecule has 12 heavy (non-hydrogen) atoms. The molecule has 3 N–H and O–H groups in total. The van der Waals surface area contributed by atoms with E-state index in [1.807, 2.05) is 0 Å². The molecule has 1 heterocycles. The highest BCUT2D eigenvalue weighted by atomic mass is 16.4. The van der Waals surface area contributed by atoms with Gasteiger partial charge in [0.05, 0.1) is 6.42 Å². The summed E-state index contributed by atoms with van der Waals surface area (Å²) in [6, 6.07) is 0. The Labute approximate surface area is 68.4 Å². The van der Waals surface area contributed by atoms with Gasteiger partial charge < -0.3 is 15.1 Å². The van der Waals surface area contributed by atoms with Gasteiger partial charge >= 0.3 is 11.7 Å². The number of rotatable bonds is 3. The van der Waals surface area contributed by atoms with Crippen LogP contribution in [-0.2, 0) is 11.2 Å². The van der Waals surface area contributed by atoms with Gasteiger partial charge in [-0.1, -0.05) is 0 Å². The summed E-state index contributed by atoms with van der Waals surface area (Å²) in [6.07, 6.45) is 0.397. The molecule has 66 valence electrons. The monoisotopic (exact) mass is 170 g/mol. The van der Waals surface area contributed by atoms with Crippen molar-refractivity contribution >= 4 is 5.97 Å². The number of H-pyrrole nitrogens is 2. The highest BCUT2D eigenvalue weighted by molar-refractivity contribution is 5.67. The number of carbonyl (C=O) groups is 1. The third-order valence-electron chi connectivity index (χ3n) is 1.61. The number of aliphatic carboxylic acids is 1. The molecule has 0 spiro atoms. The number of aromatic nitrogens is 2. The highest BCUT2D eigenvalue weighted by Crippen LogP contribution is 2.00. The van der Waals surface area contributed by atoms with Crippen molar-refractivity contribution in [3.63, 3.8) is 0 Å². The summed E-state index contributed by atoms with van der Waals surface area (Å²) < 4.78 is 0. The first kappa shape index (κ1) is 8.58. The molecule has 1 aromatic heterocycles. The molecular formula is C7H10N2O3. The standard InChI is InChI=1S/C7H10N2O3/c1-4-5(2-3-6(10)11)9-7(12)8-4/h2-3H2,1H3,(H,10,11)(H2,8,9,12). The molecule has 0 aliphatic carbocycles. The van der Waals surface area contributed by atoms with Gasteiger partial charge in [-0.3, -0.25) is 4.79 Å². The molecule has 0 bridgehead atoms. The Morgan fingerprint density at radius 3 is 2.58 bits per heavy atom. The van der Waals surface area contributed by atoms with Gasteiger partial charge in [-0.2, -0.15) is 0 Å². The molecule has 0 saturated heterocycles. The minimum absolute atomic E-state index is 0.0363. The van der Waals surface area contributed by atoms with Crippen LogP contribution in [0.3, 0.4) is 0 Å². The zero-order valence-corrected chi connectivity index (χ0v) is 6.68. The number of aryl methyl sites for hydroxylation is 2. The van der Waals surface area contributed by atoms with Crippen LogP contribution in [0.1, 0.15) is 17.8 Å². The van der Waals surface area contributed by atoms with Crippen LogP contribution in [0.25, 0.3) is 0 Å². The summed E-state index contributed by atoms with van der Waals surface area (Å²) >= 11 is 0. The Hall–Kier alpha value is -1.52. The number of hydrogen-bond acceptors (Lipinski definition) is 2. The van der Waals surface area contributed by atoms with Crippen molar-refractivity contribution < 1.29 is 9.90 Å². The maximum Gasteiger partial charge on any atom is 0.323 e. The summed E-state index contributed by atoms with van der Waals surface area (Å²) in [7, 11) is 0. The second-order valence-electron chi connectivity index (χ2n) is 2.58. The van der Waals surface area contributed by atoms with Crippen molar-refractivity contribution in [3.05, 3.63) is 21.9 Å². The van der Waals surface area contributed by atoms with Crippen LogP contribution < -0.4 is 5.69 Å². The van der Waals surface area contributed by atoms with Crippen LogP contribution >= 0.6 is 0 Å². The average Bonchev–Trinajstić information content (AvgIpc) is 2.26. The lowest BCUT2D eigenvalue weighted by atomic mass is 10.2. The molecule has 0 atom stereocenters. The van der Waals surface area contributed by atoms with Crippen molar-refractivity contribution in [2.45, 2.75) is 19.8 Å². The van der Waals surface area contributed by atoms with E-state index in [2.05, 4.69) is 9.97 Å². The van der Waals surface area contributed by atoms with Crippen LogP contribution in [-0.4, -0.2) is 21.0 Å². The minimum atomic E-state index is -0.864. The van der Waals surface area contributed by atoms with Crippen LogP contribution in [0, 0.1) is 6.92 Å². The van der Waals surface area contributed by atoms with E-state index in [4.69, 9.17) is 5.11 Å². The van der Waals surface area contributed by atoms with Crippen molar-refractivity contribution in [1.82, 2.24) is 9.97 Å². The van der Waals surface area contributed by atoms with E-state index < -0.39 is 5.97 Å². The molecule has 0 amide bonds. The predicted octanol–water partition coefficient (Wildman–Crippen LogP) is 0.0286. The molecule has 1 aromatic rings. The second kappa shape index (κ2) is 3.25. The van der Waals surface area contributed by atoms with Gasteiger partial charge in [-0.15, -0.1) is 0 Å². The molecule has 0 fully saturated rings. The summed E-state index contributed by atoms with van der Waals surface area (Å²) in [5, 5.41) is 8.37. The third-order valence-corrected chi connectivity index (χ3v) is 1.61. The lowest BCUT2D eigenvalue weighted by Gasteiger charge is -1.93. The molecule has 1 rings (SSSR count). The molecule has 0 radical (unpaired) electrons. The van der Waals surface area contributed by atoms with E-state index in [9.17, 15) is 9.59 Å². The quantitative estimate of drug-likeness (QED) is 0.598. The van der Waals surface area contributed by atoms with Crippen LogP contribution in [0.5, 0.6) is 0 Å². The first-order valence-corrected chi connectivity index (χ1v) is 3.59. The van der Waals surface area contributed by atoms with Gasteiger partial charge in [0.25, 0.3) is 0 Å². The second-order valence-corrected chi connectivity index (χ2v) is 2.58. The SMILES string of the molecule is Cc1[nH]c(=O)[nH]c1CCC(=O)O. The number of aromatic amines is 2. The van der Waals surface area contributed by atoms with Gasteiger partial charge in [0.15, 0.2) is 0 Å². The fourth-order valence-corrected chi connectivity index (χ4v) is 0.990. The van der Waals surface area contributed by atoms with Gasteiger partial charge in [0, 0.05) is 11.4 Å². The van der Waals surface area contributed by atoms with Crippen molar-refractivity contribution in [2.24, 2.45) is 0 Å². The van der Waals surface area contributed by atoms with E-state index in [0.717, 1.165) is 0 Å². The summed E-state index contributed by atoms with van der Waals surface area (Å²) in [6.45, 7) is 1.73. The molecule has 5 heteroatoms. The number of hydrogen-bond donors (Lipinski definition) is 3. The third kappa shape index (κ3) is 1.98. The lowest BCUT2D eigenvalue weighted by Crippen LogP contribution is -2.02. The lowest BCUT2D eigenvalue weighted by molar-refractivity contribution is -0.136. The van der Waals surface area contributed by atoms with Gasteiger partial charge in [0.1, 0.15) is 0 Å². The van der Waals surface area contributed by atoms with Crippen LogP contribution in [0.2, 0.25) is 0 Å². The number of imidazole rings is 1. The Kier molecular flexibility index (Phi) is 2.32. The topological polar surface area (TPSA) is 86.0 Å². The van der Waals surface area contributed by atoms with Gasteiger partial charge in [-0.05, 0) is 13.3 Å². The highest BCUT2D eigenvalue weighted by Gasteiger charge is 2.04. The Balaban J connectivity index is 2.69. The van der Waals surface area contributed by atoms with E-state index in [1.165, 1.54) is 0 Å². The first-order valence-electron chi connectivity index (χ1n) is 3.59. The Morgan fingerprint density at radius 1 is 1.50 bits per heavy atom. The molecule has 5 nitrogen and oxygen atoms in total. The summed E-state index contributed by atoms with van der Waals surface area (Å²) in [5.74, 6) is -0.864. The van der Waals surface area contributed by atoms with Crippen molar-refractivity contribution in [2.75, 3.05) is 0 Å². The number of carboxylic acids is 1. The summed E-state index contributed by atoms with van der Waals surface area (Å²) in [5.41, 5.74) is 1.09. The fourth-order valence-electron chi connectivity index (χ4n) is 0.990. The molecule has 0 unspecified atom stereocenters. The number of carboxylic acid groups (broad SMARTS) is 1. The smallest absolute Gasteiger partial charge is 0.323 e.